The van der Waals surface area contributed by atoms with Gasteiger partial charge in [-0.15, -0.1) is 0 Å². The van der Waals surface area contributed by atoms with Gasteiger partial charge in [0.2, 0.25) is 5.91 Å². The molecule has 6 nitrogen and oxygen atoms in total. The number of aryl methyl sites for hydroxylation is 1. The summed E-state index contributed by atoms with van der Waals surface area (Å²) in [4.78, 5) is 24.4. The lowest BCUT2D eigenvalue weighted by molar-refractivity contribution is -0.122. The molecule has 0 saturated carbocycles. The zero-order chi connectivity index (χ0) is 19.9. The van der Waals surface area contributed by atoms with Crippen LogP contribution in [0.15, 0.2) is 71.5 Å². The Balaban J connectivity index is 1.67. The SMILES string of the molecule is COc1cccc(-c2ccc(=O)n(CCC(=O)NC(C)c3ccccc3)n2)c1. The van der Waals surface area contributed by atoms with E-state index in [0.717, 1.165) is 11.1 Å². The molecule has 3 aromatic rings. The molecule has 28 heavy (non-hydrogen) atoms. The minimum atomic E-state index is -0.240. The van der Waals surface area contributed by atoms with Crippen LogP contribution in [-0.4, -0.2) is 22.8 Å². The number of carbonyl (C=O) groups excluding carboxylic acids is 1. The van der Waals surface area contributed by atoms with Crippen molar-refractivity contribution < 1.29 is 9.53 Å². The van der Waals surface area contributed by atoms with Crippen molar-refractivity contribution in [2.45, 2.75) is 25.9 Å². The molecule has 1 amide bonds. The van der Waals surface area contributed by atoms with E-state index in [1.54, 1.807) is 13.2 Å². The van der Waals surface area contributed by atoms with Crippen LogP contribution < -0.4 is 15.6 Å². The summed E-state index contributed by atoms with van der Waals surface area (Å²) in [5.41, 5.74) is 2.29. The van der Waals surface area contributed by atoms with Crippen LogP contribution in [0.25, 0.3) is 11.3 Å². The lowest BCUT2D eigenvalue weighted by atomic mass is 10.1. The Morgan fingerprint density at radius 2 is 1.89 bits per heavy atom. The van der Waals surface area contributed by atoms with E-state index in [1.807, 2.05) is 61.5 Å². The third-order valence-electron chi connectivity index (χ3n) is 4.46. The molecule has 6 heteroatoms. The van der Waals surface area contributed by atoms with Gasteiger partial charge in [-0.3, -0.25) is 9.59 Å². The molecule has 0 bridgehead atoms. The quantitative estimate of drug-likeness (QED) is 0.686. The number of aromatic nitrogens is 2. The Labute approximate surface area is 163 Å². The molecule has 0 saturated heterocycles. The van der Waals surface area contributed by atoms with Crippen molar-refractivity contribution >= 4 is 5.91 Å². The van der Waals surface area contributed by atoms with Crippen molar-refractivity contribution in [2.24, 2.45) is 0 Å². The molecule has 0 fully saturated rings. The number of carbonyl (C=O) groups is 1. The molecular weight excluding hydrogens is 354 g/mol. The molecule has 144 valence electrons. The van der Waals surface area contributed by atoms with Crippen LogP contribution in [0.3, 0.4) is 0 Å². The molecular formula is C22H23N3O3. The fraction of sp³-hybridized carbons (Fsp3) is 0.227. The first kappa shape index (κ1) is 19.4. The first-order valence-corrected chi connectivity index (χ1v) is 9.14. The minimum Gasteiger partial charge on any atom is -0.497 e. The van der Waals surface area contributed by atoms with Crippen molar-refractivity contribution in [2.75, 3.05) is 7.11 Å². The molecule has 1 heterocycles. The van der Waals surface area contributed by atoms with E-state index in [0.29, 0.717) is 11.4 Å². The van der Waals surface area contributed by atoms with Gasteiger partial charge >= 0.3 is 0 Å². The molecule has 1 atom stereocenters. The number of methoxy groups -OCH3 is 1. The molecule has 2 aromatic carbocycles. The number of amides is 1. The summed E-state index contributed by atoms with van der Waals surface area (Å²) in [6.45, 7) is 2.14. The van der Waals surface area contributed by atoms with Gasteiger partial charge in [-0.1, -0.05) is 42.5 Å². The van der Waals surface area contributed by atoms with Gasteiger partial charge in [0.1, 0.15) is 5.75 Å². The maximum absolute atomic E-state index is 12.3. The Hall–Kier alpha value is -3.41. The first-order chi connectivity index (χ1) is 13.6. The minimum absolute atomic E-state index is 0.0958. The summed E-state index contributed by atoms with van der Waals surface area (Å²) >= 11 is 0. The number of rotatable bonds is 7. The van der Waals surface area contributed by atoms with Gasteiger partial charge in [0.25, 0.3) is 5.56 Å². The zero-order valence-electron chi connectivity index (χ0n) is 16.0. The highest BCUT2D eigenvalue weighted by Gasteiger charge is 2.11. The molecule has 0 spiro atoms. The van der Waals surface area contributed by atoms with Crippen molar-refractivity contribution in [3.05, 3.63) is 82.6 Å². The van der Waals surface area contributed by atoms with Gasteiger partial charge in [0.05, 0.1) is 25.4 Å². The smallest absolute Gasteiger partial charge is 0.266 e. The Bertz CT molecular complexity index is 999. The molecule has 0 aliphatic carbocycles. The van der Waals surface area contributed by atoms with Crippen LogP contribution in [-0.2, 0) is 11.3 Å². The Kier molecular flexibility index (Phi) is 6.22. The fourth-order valence-electron chi connectivity index (χ4n) is 2.89. The summed E-state index contributed by atoms with van der Waals surface area (Å²) in [7, 11) is 1.60. The van der Waals surface area contributed by atoms with Crippen molar-refractivity contribution in [3.63, 3.8) is 0 Å². The summed E-state index contributed by atoms with van der Waals surface area (Å²) in [5.74, 6) is 0.586. The fourth-order valence-corrected chi connectivity index (χ4v) is 2.89. The highest BCUT2D eigenvalue weighted by atomic mass is 16.5. The second kappa shape index (κ2) is 8.99. The first-order valence-electron chi connectivity index (χ1n) is 9.14. The lowest BCUT2D eigenvalue weighted by Crippen LogP contribution is -2.30. The maximum Gasteiger partial charge on any atom is 0.266 e. The summed E-state index contributed by atoms with van der Waals surface area (Å²) in [6.07, 6.45) is 0.172. The number of hydrogen-bond acceptors (Lipinski definition) is 4. The largest absolute Gasteiger partial charge is 0.497 e. The third kappa shape index (κ3) is 4.85. The summed E-state index contributed by atoms with van der Waals surface area (Å²) < 4.78 is 6.55. The standard InChI is InChI=1S/C22H23N3O3/c1-16(17-7-4-3-5-8-17)23-21(26)13-14-25-22(27)12-11-20(24-25)18-9-6-10-19(15-18)28-2/h3-12,15-16H,13-14H2,1-2H3,(H,23,26). The molecule has 0 aliphatic rings. The Morgan fingerprint density at radius 1 is 1.11 bits per heavy atom. The molecule has 3 rings (SSSR count). The lowest BCUT2D eigenvalue weighted by Gasteiger charge is -2.14. The summed E-state index contributed by atoms with van der Waals surface area (Å²) in [5, 5.41) is 7.34. The monoisotopic (exact) mass is 377 g/mol. The second-order valence-electron chi connectivity index (χ2n) is 6.46. The van der Waals surface area contributed by atoms with E-state index in [1.165, 1.54) is 10.7 Å². The Morgan fingerprint density at radius 3 is 2.64 bits per heavy atom. The van der Waals surface area contributed by atoms with E-state index >= 15 is 0 Å². The average Bonchev–Trinajstić information content (AvgIpc) is 2.73. The van der Waals surface area contributed by atoms with Crippen LogP contribution in [0, 0.1) is 0 Å². The van der Waals surface area contributed by atoms with Crippen molar-refractivity contribution in [1.82, 2.24) is 15.1 Å². The van der Waals surface area contributed by atoms with Crippen molar-refractivity contribution in [3.8, 4) is 17.0 Å². The molecule has 0 aliphatic heterocycles. The molecule has 1 aromatic heterocycles. The number of hydrogen-bond donors (Lipinski definition) is 1. The van der Waals surface area contributed by atoms with Gasteiger partial charge < -0.3 is 10.1 Å². The number of benzene rings is 2. The van der Waals surface area contributed by atoms with Gasteiger partial charge in [0, 0.05) is 18.1 Å². The second-order valence-corrected chi connectivity index (χ2v) is 6.46. The van der Waals surface area contributed by atoms with Crippen LogP contribution in [0.1, 0.15) is 24.9 Å². The number of ether oxygens (including phenoxy) is 1. The molecule has 1 unspecified atom stereocenters. The maximum atomic E-state index is 12.3. The van der Waals surface area contributed by atoms with Crippen LogP contribution in [0.5, 0.6) is 5.75 Å². The summed E-state index contributed by atoms with van der Waals surface area (Å²) in [6, 6.07) is 20.2. The van der Waals surface area contributed by atoms with Crippen molar-refractivity contribution in [1.29, 1.82) is 0 Å². The normalized spacial score (nSPS) is 11.6. The van der Waals surface area contributed by atoms with E-state index in [-0.39, 0.29) is 30.5 Å². The topological polar surface area (TPSA) is 73.2 Å². The van der Waals surface area contributed by atoms with Crippen LogP contribution in [0.2, 0.25) is 0 Å². The van der Waals surface area contributed by atoms with E-state index in [4.69, 9.17) is 4.74 Å². The van der Waals surface area contributed by atoms with Gasteiger partial charge in [-0.2, -0.15) is 5.10 Å². The third-order valence-corrected chi connectivity index (χ3v) is 4.46. The highest BCUT2D eigenvalue weighted by molar-refractivity contribution is 5.76. The predicted molar refractivity (Wildman–Crippen MR) is 108 cm³/mol. The molecule has 0 radical (unpaired) electrons. The predicted octanol–water partition coefficient (Wildman–Crippen LogP) is 3.19. The van der Waals surface area contributed by atoms with E-state index in [9.17, 15) is 9.59 Å². The van der Waals surface area contributed by atoms with Gasteiger partial charge in [-0.05, 0) is 30.7 Å². The van der Waals surface area contributed by atoms with Gasteiger partial charge in [-0.25, -0.2) is 4.68 Å². The highest BCUT2D eigenvalue weighted by Crippen LogP contribution is 2.21. The number of nitrogens with one attached hydrogen (secondary N) is 1. The number of nitrogens with zero attached hydrogens (tertiary/aromatic N) is 2. The zero-order valence-corrected chi connectivity index (χ0v) is 16.0. The van der Waals surface area contributed by atoms with Crippen LogP contribution in [0.4, 0.5) is 0 Å². The van der Waals surface area contributed by atoms with E-state index < -0.39 is 0 Å². The van der Waals surface area contributed by atoms with Crippen LogP contribution >= 0.6 is 0 Å². The average molecular weight is 377 g/mol. The van der Waals surface area contributed by atoms with Gasteiger partial charge in [0.15, 0.2) is 0 Å². The van der Waals surface area contributed by atoms with E-state index in [2.05, 4.69) is 10.4 Å². The molecule has 1 N–H and O–H groups in total.